The Hall–Kier alpha value is -1.55. The molecule has 0 N–H and O–H groups in total. The Balaban J connectivity index is 2.35. The number of benzene rings is 1. The summed E-state index contributed by atoms with van der Waals surface area (Å²) in [7, 11) is 1.64. The first kappa shape index (κ1) is 13.9. The highest BCUT2D eigenvalue weighted by molar-refractivity contribution is 9.10. The SMILES string of the molecule is CCc1ccc(Oc2nccc(C)c2Br)c(OC)c1. The maximum Gasteiger partial charge on any atom is 0.234 e. The molecule has 0 fully saturated rings. The van der Waals surface area contributed by atoms with Crippen LogP contribution in [0.25, 0.3) is 0 Å². The molecule has 0 aliphatic heterocycles. The zero-order valence-electron chi connectivity index (χ0n) is 11.2. The number of rotatable bonds is 4. The number of hydrogen-bond donors (Lipinski definition) is 0. The van der Waals surface area contributed by atoms with Gasteiger partial charge in [-0.25, -0.2) is 4.98 Å². The lowest BCUT2D eigenvalue weighted by atomic mass is 10.1. The van der Waals surface area contributed by atoms with Crippen molar-refractivity contribution in [2.45, 2.75) is 20.3 Å². The van der Waals surface area contributed by atoms with Gasteiger partial charge in [-0.3, -0.25) is 0 Å². The van der Waals surface area contributed by atoms with Crippen molar-refractivity contribution >= 4 is 15.9 Å². The van der Waals surface area contributed by atoms with Crippen molar-refractivity contribution < 1.29 is 9.47 Å². The van der Waals surface area contributed by atoms with Crippen LogP contribution in [0.1, 0.15) is 18.1 Å². The second kappa shape index (κ2) is 6.06. The molecule has 0 radical (unpaired) electrons. The van der Waals surface area contributed by atoms with Crippen LogP contribution in [0.15, 0.2) is 34.9 Å². The lowest BCUT2D eigenvalue weighted by Crippen LogP contribution is -1.95. The third-order valence-corrected chi connectivity index (χ3v) is 3.86. The van der Waals surface area contributed by atoms with E-state index in [1.807, 2.05) is 31.2 Å². The molecule has 1 aromatic heterocycles. The van der Waals surface area contributed by atoms with E-state index < -0.39 is 0 Å². The highest BCUT2D eigenvalue weighted by Gasteiger charge is 2.11. The fourth-order valence-electron chi connectivity index (χ4n) is 1.71. The van der Waals surface area contributed by atoms with E-state index in [0.717, 1.165) is 22.2 Å². The predicted molar refractivity (Wildman–Crippen MR) is 79.1 cm³/mol. The lowest BCUT2D eigenvalue weighted by molar-refractivity contribution is 0.372. The van der Waals surface area contributed by atoms with Gasteiger partial charge in [0.05, 0.1) is 11.6 Å². The monoisotopic (exact) mass is 321 g/mol. The highest BCUT2D eigenvalue weighted by Crippen LogP contribution is 2.35. The molecule has 0 saturated heterocycles. The first-order chi connectivity index (χ1) is 9.15. The average Bonchev–Trinajstić information content (AvgIpc) is 2.44. The molecule has 4 heteroatoms. The second-order valence-corrected chi connectivity index (χ2v) is 4.98. The molecule has 0 aliphatic rings. The molecule has 1 heterocycles. The third-order valence-electron chi connectivity index (χ3n) is 2.89. The number of ether oxygens (including phenoxy) is 2. The van der Waals surface area contributed by atoms with Crippen molar-refractivity contribution in [2.24, 2.45) is 0 Å². The fourth-order valence-corrected chi connectivity index (χ4v) is 2.02. The Morgan fingerprint density at radius 3 is 2.68 bits per heavy atom. The van der Waals surface area contributed by atoms with E-state index in [2.05, 4.69) is 27.8 Å². The molecule has 0 bridgehead atoms. The van der Waals surface area contributed by atoms with Gasteiger partial charge >= 0.3 is 0 Å². The largest absolute Gasteiger partial charge is 0.493 e. The molecule has 0 amide bonds. The van der Waals surface area contributed by atoms with Crippen molar-refractivity contribution in [1.82, 2.24) is 4.98 Å². The Kier molecular flexibility index (Phi) is 4.43. The number of nitrogens with zero attached hydrogens (tertiary/aromatic N) is 1. The topological polar surface area (TPSA) is 31.4 Å². The number of aromatic nitrogens is 1. The van der Waals surface area contributed by atoms with Gasteiger partial charge in [0.15, 0.2) is 11.5 Å². The third kappa shape index (κ3) is 3.07. The normalized spacial score (nSPS) is 10.3. The number of methoxy groups -OCH3 is 1. The van der Waals surface area contributed by atoms with Crippen molar-refractivity contribution in [1.29, 1.82) is 0 Å². The molecule has 1 aromatic carbocycles. The molecule has 3 nitrogen and oxygen atoms in total. The summed E-state index contributed by atoms with van der Waals surface area (Å²) in [6.07, 6.45) is 2.69. The molecule has 0 aliphatic carbocycles. The van der Waals surface area contributed by atoms with Crippen LogP contribution in [0.2, 0.25) is 0 Å². The molecule has 0 atom stereocenters. The smallest absolute Gasteiger partial charge is 0.234 e. The van der Waals surface area contributed by atoms with E-state index >= 15 is 0 Å². The Morgan fingerprint density at radius 1 is 1.21 bits per heavy atom. The lowest BCUT2D eigenvalue weighted by Gasteiger charge is -2.12. The van der Waals surface area contributed by atoms with Gasteiger partial charge in [-0.1, -0.05) is 13.0 Å². The minimum absolute atomic E-state index is 0.544. The van der Waals surface area contributed by atoms with E-state index in [1.165, 1.54) is 5.56 Å². The molecule has 19 heavy (non-hydrogen) atoms. The molecular weight excluding hydrogens is 306 g/mol. The second-order valence-electron chi connectivity index (χ2n) is 4.19. The number of halogens is 1. The van der Waals surface area contributed by atoms with Gasteiger partial charge in [0.25, 0.3) is 0 Å². The Morgan fingerprint density at radius 2 is 2.00 bits per heavy atom. The summed E-state index contributed by atoms with van der Waals surface area (Å²) in [6.45, 7) is 4.10. The summed E-state index contributed by atoms with van der Waals surface area (Å²) in [5.74, 6) is 1.93. The van der Waals surface area contributed by atoms with E-state index in [4.69, 9.17) is 9.47 Å². The molecule has 0 spiro atoms. The first-order valence-corrected chi connectivity index (χ1v) is 6.91. The zero-order valence-corrected chi connectivity index (χ0v) is 12.8. The summed E-state index contributed by atoms with van der Waals surface area (Å²) >= 11 is 3.48. The quantitative estimate of drug-likeness (QED) is 0.829. The maximum atomic E-state index is 5.83. The molecule has 2 rings (SSSR count). The summed E-state index contributed by atoms with van der Waals surface area (Å²) < 4.78 is 12.0. The summed E-state index contributed by atoms with van der Waals surface area (Å²) in [4.78, 5) is 4.23. The van der Waals surface area contributed by atoms with Crippen LogP contribution >= 0.6 is 15.9 Å². The van der Waals surface area contributed by atoms with Crippen LogP contribution in [-0.4, -0.2) is 12.1 Å². The van der Waals surface area contributed by atoms with Crippen LogP contribution < -0.4 is 9.47 Å². The minimum Gasteiger partial charge on any atom is -0.493 e. The van der Waals surface area contributed by atoms with Gasteiger partial charge in [-0.05, 0) is 58.6 Å². The van der Waals surface area contributed by atoms with Crippen molar-refractivity contribution in [3.63, 3.8) is 0 Å². The molecular formula is C15H16BrNO2. The zero-order chi connectivity index (χ0) is 13.8. The van der Waals surface area contributed by atoms with Gasteiger partial charge in [-0.2, -0.15) is 0 Å². The molecule has 0 unspecified atom stereocenters. The van der Waals surface area contributed by atoms with Crippen LogP contribution in [0, 0.1) is 6.92 Å². The standard InChI is InChI=1S/C15H16BrNO2/c1-4-11-5-6-12(13(9-11)18-3)19-15-14(16)10(2)7-8-17-15/h5-9H,4H2,1-3H3. The van der Waals surface area contributed by atoms with Crippen molar-refractivity contribution in [3.05, 3.63) is 46.1 Å². The molecule has 2 aromatic rings. The highest BCUT2D eigenvalue weighted by atomic mass is 79.9. The number of aryl methyl sites for hydroxylation is 2. The summed E-state index contributed by atoms with van der Waals surface area (Å²) in [5, 5.41) is 0. The molecule has 100 valence electrons. The number of hydrogen-bond acceptors (Lipinski definition) is 3. The Bertz CT molecular complexity index is 584. The maximum absolute atomic E-state index is 5.83. The fraction of sp³-hybridized carbons (Fsp3) is 0.267. The van der Waals surface area contributed by atoms with Gasteiger partial charge in [-0.15, -0.1) is 0 Å². The van der Waals surface area contributed by atoms with Gasteiger partial charge < -0.3 is 9.47 Å². The van der Waals surface area contributed by atoms with E-state index in [1.54, 1.807) is 13.3 Å². The van der Waals surface area contributed by atoms with E-state index in [-0.39, 0.29) is 0 Å². The average molecular weight is 322 g/mol. The summed E-state index contributed by atoms with van der Waals surface area (Å²) in [5.41, 5.74) is 2.29. The molecule has 0 saturated carbocycles. The van der Waals surface area contributed by atoms with Crippen LogP contribution in [0.3, 0.4) is 0 Å². The Labute approximate surface area is 121 Å². The minimum atomic E-state index is 0.544. The number of pyridine rings is 1. The predicted octanol–water partition coefficient (Wildman–Crippen LogP) is 4.52. The van der Waals surface area contributed by atoms with Crippen molar-refractivity contribution in [2.75, 3.05) is 7.11 Å². The van der Waals surface area contributed by atoms with Crippen LogP contribution in [-0.2, 0) is 6.42 Å². The van der Waals surface area contributed by atoms with Crippen LogP contribution in [0.4, 0.5) is 0 Å². The first-order valence-electron chi connectivity index (χ1n) is 6.11. The van der Waals surface area contributed by atoms with Crippen molar-refractivity contribution in [3.8, 4) is 17.4 Å². The van der Waals surface area contributed by atoms with Gasteiger partial charge in [0.2, 0.25) is 5.88 Å². The van der Waals surface area contributed by atoms with Crippen LogP contribution in [0.5, 0.6) is 17.4 Å². The van der Waals surface area contributed by atoms with E-state index in [9.17, 15) is 0 Å². The van der Waals surface area contributed by atoms with E-state index in [0.29, 0.717) is 11.6 Å². The van der Waals surface area contributed by atoms with Gasteiger partial charge in [0.1, 0.15) is 0 Å². The van der Waals surface area contributed by atoms with Gasteiger partial charge in [0, 0.05) is 6.20 Å². The summed E-state index contributed by atoms with van der Waals surface area (Å²) in [6, 6.07) is 7.85.